The molecule has 35 heavy (non-hydrogen) atoms. The summed E-state index contributed by atoms with van der Waals surface area (Å²) < 4.78 is 5.53. The van der Waals surface area contributed by atoms with Gasteiger partial charge in [0.25, 0.3) is 11.8 Å². The second-order valence-corrected chi connectivity index (χ2v) is 9.12. The summed E-state index contributed by atoms with van der Waals surface area (Å²) in [6.45, 7) is 1.84. The van der Waals surface area contributed by atoms with Gasteiger partial charge in [-0.1, -0.05) is 41.4 Å². The maximum Gasteiger partial charge on any atom is 0.316 e. The van der Waals surface area contributed by atoms with Gasteiger partial charge in [-0.3, -0.25) is 19.2 Å². The lowest BCUT2D eigenvalue weighted by Crippen LogP contribution is -2.30. The van der Waals surface area contributed by atoms with Crippen LogP contribution in [0.4, 0.5) is 11.4 Å². The molecule has 0 unspecified atom stereocenters. The molecule has 5 rings (SSSR count). The van der Waals surface area contributed by atoms with Crippen molar-refractivity contribution >= 4 is 58.3 Å². The molecular weight excluding hydrogens is 491 g/mol. The number of hydrogen-bond donors (Lipinski definition) is 0. The van der Waals surface area contributed by atoms with Crippen LogP contribution in [0.15, 0.2) is 60.7 Å². The Morgan fingerprint density at radius 3 is 2.26 bits per heavy atom. The monoisotopic (exact) mass is 508 g/mol. The lowest BCUT2D eigenvalue weighted by atomic mass is 10.1. The van der Waals surface area contributed by atoms with Crippen molar-refractivity contribution in [3.63, 3.8) is 0 Å². The highest BCUT2D eigenvalue weighted by Crippen LogP contribution is 2.36. The van der Waals surface area contributed by atoms with Crippen LogP contribution in [0.2, 0.25) is 10.0 Å². The van der Waals surface area contributed by atoms with Gasteiger partial charge in [-0.25, -0.2) is 4.90 Å². The van der Waals surface area contributed by atoms with Gasteiger partial charge in [0.2, 0.25) is 5.91 Å². The lowest BCUT2D eigenvalue weighted by molar-refractivity contribution is -0.139. The molecule has 0 aliphatic carbocycles. The van der Waals surface area contributed by atoms with Crippen molar-refractivity contribution < 1.29 is 23.9 Å². The Morgan fingerprint density at radius 2 is 1.60 bits per heavy atom. The number of anilines is 2. The van der Waals surface area contributed by atoms with Crippen LogP contribution in [-0.4, -0.2) is 30.2 Å². The number of halogens is 2. The molecule has 0 bridgehead atoms. The molecule has 2 heterocycles. The SMILES string of the molecule is Cc1cc(OC(=O)[C@@H]2CC(=O)N(c3cccc(Cl)c3Cl)C2)ccc1N1C(=O)c2ccccc2C1=O. The fraction of sp³-hybridized carbons (Fsp3) is 0.154. The first-order valence-corrected chi connectivity index (χ1v) is 11.6. The van der Waals surface area contributed by atoms with E-state index in [9.17, 15) is 19.2 Å². The molecule has 0 aromatic heterocycles. The molecule has 1 atom stereocenters. The van der Waals surface area contributed by atoms with E-state index in [1.807, 2.05) is 0 Å². The minimum Gasteiger partial charge on any atom is -0.426 e. The normalized spacial score (nSPS) is 17.2. The van der Waals surface area contributed by atoms with E-state index in [4.69, 9.17) is 27.9 Å². The summed E-state index contributed by atoms with van der Waals surface area (Å²) in [6, 6.07) is 16.3. The molecular formula is C26H18Cl2N2O5. The molecule has 3 aromatic carbocycles. The Kier molecular flexibility index (Phi) is 5.83. The molecule has 2 aliphatic rings. The number of fused-ring (bicyclic) bond motifs is 1. The van der Waals surface area contributed by atoms with Crippen molar-refractivity contribution in [1.29, 1.82) is 0 Å². The Morgan fingerprint density at radius 1 is 0.914 bits per heavy atom. The molecule has 0 N–H and O–H groups in total. The van der Waals surface area contributed by atoms with Crippen LogP contribution in [0.1, 0.15) is 32.7 Å². The van der Waals surface area contributed by atoms with Crippen LogP contribution in [-0.2, 0) is 9.59 Å². The van der Waals surface area contributed by atoms with Gasteiger partial charge >= 0.3 is 5.97 Å². The molecule has 1 fully saturated rings. The fourth-order valence-corrected chi connectivity index (χ4v) is 4.75. The van der Waals surface area contributed by atoms with Gasteiger partial charge in [-0.05, 0) is 55.0 Å². The second-order valence-electron chi connectivity index (χ2n) is 8.34. The standard InChI is InChI=1S/C26H18Cl2N2O5/c1-14-11-16(9-10-20(14)30-24(32)17-5-2-3-6-18(17)25(30)33)35-26(34)15-12-22(31)29(13-15)21-8-4-7-19(27)23(21)28/h2-11,15H,12-13H2,1H3/t15-/m1/s1. The van der Waals surface area contributed by atoms with Gasteiger partial charge in [-0.15, -0.1) is 0 Å². The highest BCUT2D eigenvalue weighted by atomic mass is 35.5. The average Bonchev–Trinajstić information content (AvgIpc) is 3.34. The third-order valence-corrected chi connectivity index (χ3v) is 6.91. The maximum atomic E-state index is 12.8. The molecule has 176 valence electrons. The third-order valence-electron chi connectivity index (χ3n) is 6.10. The van der Waals surface area contributed by atoms with E-state index in [1.54, 1.807) is 61.5 Å². The first-order valence-electron chi connectivity index (χ1n) is 10.8. The van der Waals surface area contributed by atoms with Crippen molar-refractivity contribution in [1.82, 2.24) is 0 Å². The number of ether oxygens (including phenoxy) is 1. The highest BCUT2D eigenvalue weighted by molar-refractivity contribution is 6.44. The molecule has 2 aliphatic heterocycles. The summed E-state index contributed by atoms with van der Waals surface area (Å²) in [5, 5.41) is 0.563. The van der Waals surface area contributed by atoms with Gasteiger partial charge in [0.15, 0.2) is 0 Å². The number of carbonyl (C=O) groups is 4. The smallest absolute Gasteiger partial charge is 0.316 e. The topological polar surface area (TPSA) is 84.0 Å². The van der Waals surface area contributed by atoms with Gasteiger partial charge < -0.3 is 9.64 Å². The summed E-state index contributed by atoms with van der Waals surface area (Å²) in [7, 11) is 0. The summed E-state index contributed by atoms with van der Waals surface area (Å²) in [4.78, 5) is 53.5. The summed E-state index contributed by atoms with van der Waals surface area (Å²) >= 11 is 12.3. The quantitative estimate of drug-likeness (QED) is 0.279. The van der Waals surface area contributed by atoms with E-state index in [-0.39, 0.29) is 29.6 Å². The molecule has 0 saturated carbocycles. The van der Waals surface area contributed by atoms with Gasteiger partial charge in [0.05, 0.1) is 38.5 Å². The minimum absolute atomic E-state index is 0.0201. The van der Waals surface area contributed by atoms with Crippen molar-refractivity contribution in [2.45, 2.75) is 13.3 Å². The van der Waals surface area contributed by atoms with Crippen molar-refractivity contribution in [2.24, 2.45) is 5.92 Å². The number of hydrogen-bond acceptors (Lipinski definition) is 5. The fourth-order valence-electron chi connectivity index (χ4n) is 4.35. The Bertz CT molecular complexity index is 1390. The van der Waals surface area contributed by atoms with E-state index in [1.165, 1.54) is 11.0 Å². The summed E-state index contributed by atoms with van der Waals surface area (Å²) in [5.41, 5.74) is 2.14. The van der Waals surface area contributed by atoms with Crippen molar-refractivity contribution in [2.75, 3.05) is 16.3 Å². The van der Waals surface area contributed by atoms with Crippen LogP contribution in [0.3, 0.4) is 0 Å². The largest absolute Gasteiger partial charge is 0.426 e. The van der Waals surface area contributed by atoms with Crippen LogP contribution in [0, 0.1) is 12.8 Å². The van der Waals surface area contributed by atoms with Crippen LogP contribution < -0.4 is 14.5 Å². The molecule has 9 heteroatoms. The van der Waals surface area contributed by atoms with Crippen LogP contribution in [0.25, 0.3) is 0 Å². The predicted octanol–water partition coefficient (Wildman–Crippen LogP) is 5.06. The zero-order valence-corrected chi connectivity index (χ0v) is 20.0. The number of rotatable bonds is 4. The van der Waals surface area contributed by atoms with Crippen LogP contribution >= 0.6 is 23.2 Å². The first kappa shape index (κ1) is 23.1. The third kappa shape index (κ3) is 3.96. The number of benzene rings is 3. The number of carbonyl (C=O) groups excluding carboxylic acids is 4. The Balaban J connectivity index is 1.31. The van der Waals surface area contributed by atoms with Gasteiger partial charge in [-0.2, -0.15) is 0 Å². The van der Waals surface area contributed by atoms with Crippen molar-refractivity contribution in [3.05, 3.63) is 87.4 Å². The van der Waals surface area contributed by atoms with E-state index in [0.717, 1.165) is 4.90 Å². The molecule has 7 nitrogen and oxygen atoms in total. The number of amides is 3. The molecule has 0 radical (unpaired) electrons. The summed E-state index contributed by atoms with van der Waals surface area (Å²) in [6.07, 6.45) is -0.0201. The second kappa shape index (κ2) is 8.83. The predicted molar refractivity (Wildman–Crippen MR) is 131 cm³/mol. The van der Waals surface area contributed by atoms with E-state index in [2.05, 4.69) is 0 Å². The number of nitrogens with zero attached hydrogens (tertiary/aromatic N) is 2. The number of aryl methyl sites for hydroxylation is 1. The van der Waals surface area contributed by atoms with E-state index < -0.39 is 23.7 Å². The first-order chi connectivity index (χ1) is 16.8. The molecule has 1 saturated heterocycles. The average molecular weight is 509 g/mol. The Labute approximate surface area is 210 Å². The number of imide groups is 1. The molecule has 0 spiro atoms. The molecule has 3 aromatic rings. The lowest BCUT2D eigenvalue weighted by Gasteiger charge is -2.19. The Hall–Kier alpha value is -3.68. The van der Waals surface area contributed by atoms with Gasteiger partial charge in [0.1, 0.15) is 5.75 Å². The maximum absolute atomic E-state index is 12.8. The van der Waals surface area contributed by atoms with Crippen LogP contribution in [0.5, 0.6) is 5.75 Å². The van der Waals surface area contributed by atoms with Gasteiger partial charge in [0, 0.05) is 13.0 Å². The highest BCUT2D eigenvalue weighted by Gasteiger charge is 2.38. The molecule has 3 amide bonds. The minimum atomic E-state index is -0.686. The van der Waals surface area contributed by atoms with Crippen molar-refractivity contribution in [3.8, 4) is 5.75 Å². The van der Waals surface area contributed by atoms with E-state index in [0.29, 0.717) is 33.1 Å². The zero-order valence-electron chi connectivity index (χ0n) is 18.5. The summed E-state index contributed by atoms with van der Waals surface area (Å²) in [5.74, 6) is -2.06. The van der Waals surface area contributed by atoms with E-state index >= 15 is 0 Å². The zero-order chi connectivity index (χ0) is 24.9. The number of esters is 1.